The molecule has 0 saturated carbocycles. The number of hydrogen-bond acceptors (Lipinski definition) is 1. The molecule has 0 bridgehead atoms. The molecule has 0 aliphatic carbocycles. The molecule has 0 aromatic heterocycles. The first-order chi connectivity index (χ1) is 9.54. The molecule has 0 heterocycles. The zero-order valence-corrected chi connectivity index (χ0v) is 12.5. The molecule has 0 aliphatic rings. The molecule has 3 heteroatoms. The van der Waals surface area contributed by atoms with Gasteiger partial charge in [-0.05, 0) is 60.7 Å². The smallest absolute Gasteiger partial charge is 0.131 e. The fourth-order valence-corrected chi connectivity index (χ4v) is 2.55. The molecule has 0 radical (unpaired) electrons. The van der Waals surface area contributed by atoms with E-state index in [1.807, 2.05) is 37.3 Å². The van der Waals surface area contributed by atoms with Gasteiger partial charge in [-0.15, -0.1) is 0 Å². The highest BCUT2D eigenvalue weighted by atomic mass is 35.5. The summed E-state index contributed by atoms with van der Waals surface area (Å²) in [7, 11) is 0. The van der Waals surface area contributed by atoms with Crippen LogP contribution in [0.4, 0.5) is 4.39 Å². The van der Waals surface area contributed by atoms with Crippen molar-refractivity contribution in [3.8, 4) is 11.1 Å². The Morgan fingerprint density at radius 1 is 1.20 bits per heavy atom. The summed E-state index contributed by atoms with van der Waals surface area (Å²) >= 11 is 6.13. The summed E-state index contributed by atoms with van der Waals surface area (Å²) < 4.78 is 14.1. The van der Waals surface area contributed by atoms with Gasteiger partial charge in [-0.3, -0.25) is 0 Å². The summed E-state index contributed by atoms with van der Waals surface area (Å²) in [4.78, 5) is 0. The summed E-state index contributed by atoms with van der Waals surface area (Å²) in [6.45, 7) is 4.64. The van der Waals surface area contributed by atoms with Crippen molar-refractivity contribution in [3.63, 3.8) is 0 Å². The highest BCUT2D eigenvalue weighted by Crippen LogP contribution is 2.32. The van der Waals surface area contributed by atoms with E-state index in [0.717, 1.165) is 23.1 Å². The summed E-state index contributed by atoms with van der Waals surface area (Å²) in [5, 5.41) is 0.655. The van der Waals surface area contributed by atoms with Crippen LogP contribution >= 0.6 is 11.6 Å². The van der Waals surface area contributed by atoms with E-state index in [-0.39, 0.29) is 5.82 Å². The van der Waals surface area contributed by atoms with Crippen LogP contribution in [0.3, 0.4) is 0 Å². The summed E-state index contributed by atoms with van der Waals surface area (Å²) in [6, 6.07) is 10.8. The van der Waals surface area contributed by atoms with Crippen LogP contribution < -0.4 is 5.73 Å². The summed E-state index contributed by atoms with van der Waals surface area (Å²) in [5.41, 5.74) is 9.05. The van der Waals surface area contributed by atoms with Gasteiger partial charge in [0.1, 0.15) is 5.82 Å². The molecule has 1 unspecified atom stereocenters. The molecule has 0 spiro atoms. The molecule has 1 atom stereocenters. The van der Waals surface area contributed by atoms with Crippen molar-refractivity contribution >= 4 is 11.6 Å². The topological polar surface area (TPSA) is 26.0 Å². The van der Waals surface area contributed by atoms with E-state index in [0.29, 0.717) is 23.0 Å². The molecule has 0 amide bonds. The standard InChI is InChI=1S/C17H19ClFN/c1-11(8-9-20)13-6-7-17(19)15(10-13)14-4-3-5-16(18)12(14)2/h3-7,10-11H,8-9,20H2,1-2H3. The average Bonchev–Trinajstić information content (AvgIpc) is 2.43. The highest BCUT2D eigenvalue weighted by molar-refractivity contribution is 6.31. The highest BCUT2D eigenvalue weighted by Gasteiger charge is 2.13. The number of hydrogen-bond donors (Lipinski definition) is 1. The molecule has 20 heavy (non-hydrogen) atoms. The van der Waals surface area contributed by atoms with E-state index >= 15 is 0 Å². The van der Waals surface area contributed by atoms with Gasteiger partial charge in [-0.25, -0.2) is 4.39 Å². The Kier molecular flexibility index (Phi) is 4.79. The molecule has 2 rings (SSSR count). The van der Waals surface area contributed by atoms with E-state index in [1.165, 1.54) is 6.07 Å². The molecule has 0 aliphatic heterocycles. The minimum Gasteiger partial charge on any atom is -0.330 e. The normalized spacial score (nSPS) is 12.4. The third kappa shape index (κ3) is 3.02. The van der Waals surface area contributed by atoms with Crippen molar-refractivity contribution in [2.45, 2.75) is 26.2 Å². The lowest BCUT2D eigenvalue weighted by atomic mass is 9.92. The van der Waals surface area contributed by atoms with Gasteiger partial charge in [0.05, 0.1) is 0 Å². The first-order valence-electron chi connectivity index (χ1n) is 6.79. The monoisotopic (exact) mass is 291 g/mol. The Balaban J connectivity index is 2.50. The van der Waals surface area contributed by atoms with Crippen molar-refractivity contribution < 1.29 is 4.39 Å². The summed E-state index contributed by atoms with van der Waals surface area (Å²) in [6.07, 6.45) is 0.888. The van der Waals surface area contributed by atoms with Gasteiger partial charge in [0, 0.05) is 10.6 Å². The van der Waals surface area contributed by atoms with Crippen LogP contribution in [0.2, 0.25) is 5.02 Å². The van der Waals surface area contributed by atoms with E-state index in [2.05, 4.69) is 6.92 Å². The predicted molar refractivity (Wildman–Crippen MR) is 83.7 cm³/mol. The van der Waals surface area contributed by atoms with Crippen LogP contribution in [-0.2, 0) is 0 Å². The fraction of sp³-hybridized carbons (Fsp3) is 0.294. The van der Waals surface area contributed by atoms with Crippen molar-refractivity contribution in [3.05, 3.63) is 58.4 Å². The van der Waals surface area contributed by atoms with Crippen LogP contribution in [0.25, 0.3) is 11.1 Å². The third-order valence-corrected chi connectivity index (χ3v) is 4.13. The van der Waals surface area contributed by atoms with Crippen molar-refractivity contribution in [1.82, 2.24) is 0 Å². The molecule has 2 aromatic rings. The van der Waals surface area contributed by atoms with Gasteiger partial charge in [-0.2, -0.15) is 0 Å². The minimum absolute atomic E-state index is 0.223. The van der Waals surface area contributed by atoms with Gasteiger partial charge in [0.15, 0.2) is 0 Å². The van der Waals surface area contributed by atoms with Gasteiger partial charge in [0.25, 0.3) is 0 Å². The second-order valence-corrected chi connectivity index (χ2v) is 5.54. The summed E-state index contributed by atoms with van der Waals surface area (Å²) in [5.74, 6) is 0.0953. The van der Waals surface area contributed by atoms with Crippen LogP contribution in [0.15, 0.2) is 36.4 Å². The zero-order valence-electron chi connectivity index (χ0n) is 11.8. The number of rotatable bonds is 4. The van der Waals surface area contributed by atoms with E-state index in [9.17, 15) is 4.39 Å². The van der Waals surface area contributed by atoms with Gasteiger partial charge < -0.3 is 5.73 Å². The molecule has 0 saturated heterocycles. The lowest BCUT2D eigenvalue weighted by Crippen LogP contribution is -2.05. The second kappa shape index (κ2) is 6.38. The Labute approximate surface area is 124 Å². The van der Waals surface area contributed by atoms with Crippen LogP contribution in [0, 0.1) is 12.7 Å². The second-order valence-electron chi connectivity index (χ2n) is 5.13. The maximum absolute atomic E-state index is 14.1. The Morgan fingerprint density at radius 2 is 1.95 bits per heavy atom. The maximum atomic E-state index is 14.1. The SMILES string of the molecule is Cc1c(Cl)cccc1-c1cc(C(C)CCN)ccc1F. The minimum atomic E-state index is -0.223. The van der Waals surface area contributed by atoms with Crippen molar-refractivity contribution in [2.24, 2.45) is 5.73 Å². The maximum Gasteiger partial charge on any atom is 0.131 e. The lowest BCUT2D eigenvalue weighted by molar-refractivity contribution is 0.627. The lowest BCUT2D eigenvalue weighted by Gasteiger charge is -2.14. The molecule has 1 nitrogen and oxygen atoms in total. The van der Waals surface area contributed by atoms with Gasteiger partial charge in [-0.1, -0.05) is 36.7 Å². The number of nitrogens with two attached hydrogens (primary N) is 1. The largest absolute Gasteiger partial charge is 0.330 e. The van der Waals surface area contributed by atoms with Crippen molar-refractivity contribution in [1.29, 1.82) is 0 Å². The molecule has 106 valence electrons. The zero-order chi connectivity index (χ0) is 14.7. The number of benzene rings is 2. The fourth-order valence-electron chi connectivity index (χ4n) is 2.37. The van der Waals surface area contributed by atoms with Crippen LogP contribution in [0.1, 0.15) is 30.4 Å². The third-order valence-electron chi connectivity index (χ3n) is 3.72. The Bertz CT molecular complexity index is 610. The van der Waals surface area contributed by atoms with Crippen LogP contribution in [0.5, 0.6) is 0 Å². The van der Waals surface area contributed by atoms with E-state index in [4.69, 9.17) is 17.3 Å². The number of halogens is 2. The first kappa shape index (κ1) is 15.0. The molecule has 0 fully saturated rings. The quantitative estimate of drug-likeness (QED) is 0.851. The van der Waals surface area contributed by atoms with Gasteiger partial charge in [0.2, 0.25) is 0 Å². The first-order valence-corrected chi connectivity index (χ1v) is 7.17. The van der Waals surface area contributed by atoms with Crippen molar-refractivity contribution in [2.75, 3.05) is 6.54 Å². The van der Waals surface area contributed by atoms with E-state index < -0.39 is 0 Å². The molecule has 2 aromatic carbocycles. The molecular weight excluding hydrogens is 273 g/mol. The average molecular weight is 292 g/mol. The Hall–Kier alpha value is -1.38. The Morgan fingerprint density at radius 3 is 2.65 bits per heavy atom. The molecule has 2 N–H and O–H groups in total. The predicted octanol–water partition coefficient (Wildman–Crippen LogP) is 4.91. The van der Waals surface area contributed by atoms with Crippen LogP contribution in [-0.4, -0.2) is 6.54 Å². The molecular formula is C17H19ClFN. The van der Waals surface area contributed by atoms with E-state index in [1.54, 1.807) is 0 Å². The van der Waals surface area contributed by atoms with Gasteiger partial charge >= 0.3 is 0 Å².